The van der Waals surface area contributed by atoms with E-state index in [1.165, 1.54) is 16.7 Å². The fourth-order valence-electron chi connectivity index (χ4n) is 2.91. The molecule has 3 rings (SSSR count). The molecular weight excluding hydrogens is 398 g/mol. The molecule has 1 N–H and O–H groups in total. The summed E-state index contributed by atoms with van der Waals surface area (Å²) in [6.07, 6.45) is 0. The van der Waals surface area contributed by atoms with Crippen molar-refractivity contribution in [3.63, 3.8) is 0 Å². The number of benzene rings is 2. The second-order valence-electron chi connectivity index (χ2n) is 7.10. The Labute approximate surface area is 180 Å². The van der Waals surface area contributed by atoms with Crippen LogP contribution in [0.25, 0.3) is 11.4 Å². The number of thioether (sulfide) groups is 1. The molecule has 0 aliphatic heterocycles. The number of aryl methyl sites for hydroxylation is 1. The van der Waals surface area contributed by atoms with E-state index in [4.69, 9.17) is 0 Å². The zero-order chi connectivity index (χ0) is 21.7. The number of anilines is 1. The SMILES string of the molecule is Cc1ccc(NC(=O)CN(C)C(=O)[C@H](C)Sc2nnc(-c3ccccc3)n2C)cc1. The first kappa shape index (κ1) is 21.6. The number of aromatic nitrogens is 3. The van der Waals surface area contributed by atoms with E-state index in [1.807, 2.05) is 73.1 Å². The zero-order valence-corrected chi connectivity index (χ0v) is 18.3. The van der Waals surface area contributed by atoms with E-state index < -0.39 is 5.25 Å². The summed E-state index contributed by atoms with van der Waals surface area (Å²) in [7, 11) is 3.50. The summed E-state index contributed by atoms with van der Waals surface area (Å²) in [5.41, 5.74) is 2.79. The third kappa shape index (κ3) is 5.27. The maximum Gasteiger partial charge on any atom is 0.243 e. The molecule has 156 valence electrons. The van der Waals surface area contributed by atoms with Crippen LogP contribution >= 0.6 is 11.8 Å². The number of rotatable bonds is 7. The van der Waals surface area contributed by atoms with Gasteiger partial charge in [-0.3, -0.25) is 9.59 Å². The van der Waals surface area contributed by atoms with Gasteiger partial charge in [0.2, 0.25) is 11.8 Å². The second kappa shape index (κ2) is 9.58. The van der Waals surface area contributed by atoms with E-state index in [2.05, 4.69) is 15.5 Å². The van der Waals surface area contributed by atoms with Crippen LogP contribution in [0.1, 0.15) is 12.5 Å². The van der Waals surface area contributed by atoms with Gasteiger partial charge in [-0.25, -0.2) is 0 Å². The van der Waals surface area contributed by atoms with Crippen LogP contribution in [0.4, 0.5) is 5.69 Å². The van der Waals surface area contributed by atoms with Gasteiger partial charge in [-0.15, -0.1) is 10.2 Å². The maximum absolute atomic E-state index is 12.7. The summed E-state index contributed by atoms with van der Waals surface area (Å²) in [4.78, 5) is 26.4. The molecule has 0 aliphatic carbocycles. The van der Waals surface area contributed by atoms with Crippen LogP contribution in [-0.4, -0.2) is 50.3 Å². The highest BCUT2D eigenvalue weighted by atomic mass is 32.2. The number of carbonyl (C=O) groups is 2. The van der Waals surface area contributed by atoms with Crippen LogP contribution in [0.3, 0.4) is 0 Å². The standard InChI is InChI=1S/C22H25N5O2S/c1-15-10-12-18(13-11-15)23-19(28)14-26(3)21(29)16(2)30-22-25-24-20(27(22)4)17-8-6-5-7-9-17/h5-13,16H,14H2,1-4H3,(H,23,28)/t16-/m0/s1. The molecule has 0 saturated heterocycles. The molecular formula is C22H25N5O2S. The molecule has 0 radical (unpaired) electrons. The van der Waals surface area contributed by atoms with Crippen LogP contribution < -0.4 is 5.32 Å². The minimum absolute atomic E-state index is 0.0221. The van der Waals surface area contributed by atoms with Crippen LogP contribution in [0.5, 0.6) is 0 Å². The zero-order valence-electron chi connectivity index (χ0n) is 17.5. The first-order valence-corrected chi connectivity index (χ1v) is 10.5. The molecule has 2 amide bonds. The first-order chi connectivity index (χ1) is 14.3. The smallest absolute Gasteiger partial charge is 0.243 e. The fraction of sp³-hybridized carbons (Fsp3) is 0.273. The summed E-state index contributed by atoms with van der Waals surface area (Å²) >= 11 is 1.32. The van der Waals surface area contributed by atoms with Crippen LogP contribution in [-0.2, 0) is 16.6 Å². The number of likely N-dealkylation sites (N-methyl/N-ethyl adjacent to an activating group) is 1. The third-order valence-electron chi connectivity index (χ3n) is 4.59. The Morgan fingerprint density at radius 3 is 2.43 bits per heavy atom. The summed E-state index contributed by atoms with van der Waals surface area (Å²) in [5.74, 6) is 0.351. The van der Waals surface area contributed by atoms with Gasteiger partial charge in [0.15, 0.2) is 11.0 Å². The van der Waals surface area contributed by atoms with Crippen molar-refractivity contribution < 1.29 is 9.59 Å². The van der Waals surface area contributed by atoms with Crippen molar-refractivity contribution in [1.29, 1.82) is 0 Å². The number of nitrogens with zero attached hydrogens (tertiary/aromatic N) is 4. The van der Waals surface area contributed by atoms with Crippen LogP contribution in [0.2, 0.25) is 0 Å². The van der Waals surface area contributed by atoms with Crippen molar-refractivity contribution in [1.82, 2.24) is 19.7 Å². The predicted molar refractivity (Wildman–Crippen MR) is 119 cm³/mol. The Bertz CT molecular complexity index is 1020. The Morgan fingerprint density at radius 2 is 1.77 bits per heavy atom. The van der Waals surface area contributed by atoms with Crippen molar-refractivity contribution >= 4 is 29.3 Å². The third-order valence-corrected chi connectivity index (χ3v) is 5.71. The summed E-state index contributed by atoms with van der Waals surface area (Å²) in [5, 5.41) is 11.5. The van der Waals surface area contributed by atoms with Gasteiger partial charge in [0.05, 0.1) is 11.8 Å². The monoisotopic (exact) mass is 423 g/mol. The Balaban J connectivity index is 1.58. The predicted octanol–water partition coefficient (Wildman–Crippen LogP) is 3.37. The Kier molecular flexibility index (Phi) is 6.89. The second-order valence-corrected chi connectivity index (χ2v) is 8.41. The van der Waals surface area contributed by atoms with Crippen LogP contribution in [0.15, 0.2) is 59.8 Å². The summed E-state index contributed by atoms with van der Waals surface area (Å²) in [6, 6.07) is 17.3. The van der Waals surface area contributed by atoms with Gasteiger partial charge in [0, 0.05) is 25.3 Å². The molecule has 0 fully saturated rings. The lowest BCUT2D eigenvalue weighted by atomic mass is 10.2. The number of hydrogen-bond acceptors (Lipinski definition) is 5. The highest BCUT2D eigenvalue weighted by Crippen LogP contribution is 2.26. The molecule has 7 nitrogen and oxygen atoms in total. The van der Waals surface area contributed by atoms with Gasteiger partial charge < -0.3 is 14.8 Å². The average molecular weight is 424 g/mol. The Hall–Kier alpha value is -3.13. The highest BCUT2D eigenvalue weighted by molar-refractivity contribution is 8.00. The molecule has 8 heteroatoms. The van der Waals surface area contributed by atoms with E-state index in [1.54, 1.807) is 14.0 Å². The first-order valence-electron chi connectivity index (χ1n) is 9.58. The lowest BCUT2D eigenvalue weighted by Gasteiger charge is -2.20. The molecule has 2 aromatic carbocycles. The molecule has 0 bridgehead atoms. The van der Waals surface area contributed by atoms with Gasteiger partial charge in [-0.05, 0) is 26.0 Å². The molecule has 3 aromatic rings. The lowest BCUT2D eigenvalue weighted by molar-refractivity contribution is -0.132. The van der Waals surface area contributed by atoms with Gasteiger partial charge >= 0.3 is 0 Å². The lowest BCUT2D eigenvalue weighted by Crippen LogP contribution is -2.39. The van der Waals surface area contributed by atoms with Crippen molar-refractivity contribution in [2.24, 2.45) is 7.05 Å². The van der Waals surface area contributed by atoms with Crippen molar-refractivity contribution in [2.45, 2.75) is 24.3 Å². The number of nitrogens with one attached hydrogen (secondary N) is 1. The average Bonchev–Trinajstić information content (AvgIpc) is 3.09. The van der Waals surface area contributed by atoms with Crippen LogP contribution in [0, 0.1) is 6.92 Å². The maximum atomic E-state index is 12.7. The van der Waals surface area contributed by atoms with E-state index in [0.29, 0.717) is 10.8 Å². The minimum atomic E-state index is -0.409. The van der Waals surface area contributed by atoms with E-state index in [0.717, 1.165) is 17.0 Å². The fourth-order valence-corrected chi connectivity index (χ4v) is 3.84. The van der Waals surface area contributed by atoms with Crippen molar-refractivity contribution in [3.8, 4) is 11.4 Å². The molecule has 1 aromatic heterocycles. The van der Waals surface area contributed by atoms with Crippen molar-refractivity contribution in [3.05, 3.63) is 60.2 Å². The molecule has 0 spiro atoms. The summed E-state index contributed by atoms with van der Waals surface area (Å²) < 4.78 is 1.87. The topological polar surface area (TPSA) is 80.1 Å². The minimum Gasteiger partial charge on any atom is -0.335 e. The largest absolute Gasteiger partial charge is 0.335 e. The van der Waals surface area contributed by atoms with Gasteiger partial charge in [-0.2, -0.15) is 0 Å². The molecule has 1 atom stereocenters. The highest BCUT2D eigenvalue weighted by Gasteiger charge is 2.23. The normalized spacial score (nSPS) is 11.7. The number of hydrogen-bond donors (Lipinski definition) is 1. The molecule has 0 aliphatic rings. The summed E-state index contributed by atoms with van der Waals surface area (Å²) in [6.45, 7) is 3.76. The molecule has 0 unspecified atom stereocenters. The number of amides is 2. The van der Waals surface area contributed by atoms with E-state index in [9.17, 15) is 9.59 Å². The van der Waals surface area contributed by atoms with Crippen molar-refractivity contribution in [2.75, 3.05) is 18.9 Å². The van der Waals surface area contributed by atoms with Gasteiger partial charge in [-0.1, -0.05) is 59.8 Å². The molecule has 0 saturated carbocycles. The van der Waals surface area contributed by atoms with Gasteiger partial charge in [0.1, 0.15) is 0 Å². The quantitative estimate of drug-likeness (QED) is 0.590. The van der Waals surface area contributed by atoms with E-state index in [-0.39, 0.29) is 18.4 Å². The molecule has 1 heterocycles. The Morgan fingerprint density at radius 1 is 1.10 bits per heavy atom. The van der Waals surface area contributed by atoms with E-state index >= 15 is 0 Å². The molecule has 30 heavy (non-hydrogen) atoms. The van der Waals surface area contributed by atoms with Gasteiger partial charge in [0.25, 0.3) is 0 Å². The number of carbonyl (C=O) groups excluding carboxylic acids is 2.